The van der Waals surface area contributed by atoms with Crippen molar-refractivity contribution in [2.75, 3.05) is 10.3 Å². The number of hydrogen-bond acceptors (Lipinski definition) is 6. The molecule has 152 valence electrons. The summed E-state index contributed by atoms with van der Waals surface area (Å²) in [6.45, 7) is 3.46. The number of anilines is 2. The molecule has 0 radical (unpaired) electrons. The number of hydrogen-bond donors (Lipinski definition) is 3. The summed E-state index contributed by atoms with van der Waals surface area (Å²) < 4.78 is 23.4. The topological polar surface area (TPSA) is 148 Å². The van der Waals surface area contributed by atoms with E-state index < -0.39 is 27.9 Å². The van der Waals surface area contributed by atoms with Crippen molar-refractivity contribution in [3.63, 3.8) is 0 Å². The number of benzene rings is 2. The molecule has 0 aliphatic carbocycles. The summed E-state index contributed by atoms with van der Waals surface area (Å²) in [5, 5.41) is 13.6. The van der Waals surface area contributed by atoms with Crippen molar-refractivity contribution in [3.05, 3.63) is 53.6 Å². The lowest BCUT2D eigenvalue weighted by molar-refractivity contribution is -0.119. The summed E-state index contributed by atoms with van der Waals surface area (Å²) in [6, 6.07) is 10.8. The average Bonchev–Trinajstić information content (AvgIpc) is 3.11. The SMILES string of the molecule is Cc1cc(S(N)(=O)=O)cc(NC(=O)C2=NN(c3ccccc3)C(C(N)=O)C2)c1C. The minimum atomic E-state index is -3.94. The van der Waals surface area contributed by atoms with Crippen LogP contribution < -0.4 is 21.2 Å². The number of rotatable bonds is 5. The number of carbonyl (C=O) groups excluding carboxylic acids is 2. The normalized spacial score (nSPS) is 16.4. The van der Waals surface area contributed by atoms with Gasteiger partial charge in [0.2, 0.25) is 15.9 Å². The van der Waals surface area contributed by atoms with E-state index in [-0.39, 0.29) is 17.0 Å². The molecular formula is C19H21N5O4S. The van der Waals surface area contributed by atoms with E-state index in [0.717, 1.165) is 0 Å². The maximum absolute atomic E-state index is 12.8. The number of nitrogens with one attached hydrogen (secondary N) is 1. The van der Waals surface area contributed by atoms with Crippen molar-refractivity contribution in [3.8, 4) is 0 Å². The van der Waals surface area contributed by atoms with E-state index in [2.05, 4.69) is 10.4 Å². The van der Waals surface area contributed by atoms with Crippen LogP contribution in [0, 0.1) is 13.8 Å². The van der Waals surface area contributed by atoms with Crippen LogP contribution in [0.3, 0.4) is 0 Å². The molecule has 1 aliphatic heterocycles. The fourth-order valence-corrected chi connectivity index (χ4v) is 3.63. The Morgan fingerprint density at radius 3 is 2.41 bits per heavy atom. The van der Waals surface area contributed by atoms with Gasteiger partial charge in [0, 0.05) is 12.1 Å². The van der Waals surface area contributed by atoms with Gasteiger partial charge in [-0.3, -0.25) is 14.6 Å². The standard InChI is InChI=1S/C19H21N5O4S/c1-11-8-14(29(21,27)28)9-15(12(11)2)22-19(26)16-10-17(18(20)25)24(23-16)13-6-4-3-5-7-13/h3-9,17H,10H2,1-2H3,(H2,20,25)(H,22,26)(H2,21,27,28). The number of para-hydroxylation sites is 1. The van der Waals surface area contributed by atoms with Crippen molar-refractivity contribution in [1.29, 1.82) is 0 Å². The summed E-state index contributed by atoms with van der Waals surface area (Å²) in [5.74, 6) is -1.16. The van der Waals surface area contributed by atoms with E-state index in [4.69, 9.17) is 10.9 Å². The number of nitrogens with two attached hydrogens (primary N) is 2. The number of carbonyl (C=O) groups is 2. The molecule has 2 amide bonds. The maximum Gasteiger partial charge on any atom is 0.271 e. The van der Waals surface area contributed by atoms with Crippen molar-refractivity contribution < 1.29 is 18.0 Å². The number of aryl methyl sites for hydroxylation is 1. The van der Waals surface area contributed by atoms with Crippen LogP contribution in [-0.2, 0) is 19.6 Å². The van der Waals surface area contributed by atoms with Gasteiger partial charge in [-0.15, -0.1) is 0 Å². The molecule has 0 fully saturated rings. The first-order valence-electron chi connectivity index (χ1n) is 8.74. The molecule has 29 heavy (non-hydrogen) atoms. The third-order valence-corrected chi connectivity index (χ3v) is 5.63. The highest BCUT2D eigenvalue weighted by Crippen LogP contribution is 2.27. The van der Waals surface area contributed by atoms with Crippen LogP contribution in [0.15, 0.2) is 52.5 Å². The van der Waals surface area contributed by atoms with Crippen LogP contribution in [0.2, 0.25) is 0 Å². The first kappa shape index (κ1) is 20.5. The van der Waals surface area contributed by atoms with E-state index >= 15 is 0 Å². The molecule has 2 aromatic rings. The minimum absolute atomic E-state index is 0.0307. The number of primary amides is 1. The Morgan fingerprint density at radius 1 is 1.17 bits per heavy atom. The number of amides is 2. The van der Waals surface area contributed by atoms with Gasteiger partial charge in [0.25, 0.3) is 5.91 Å². The molecule has 0 saturated carbocycles. The minimum Gasteiger partial charge on any atom is -0.368 e. The van der Waals surface area contributed by atoms with Crippen molar-refractivity contribution >= 4 is 38.9 Å². The van der Waals surface area contributed by atoms with Gasteiger partial charge in [0.05, 0.1) is 10.6 Å². The highest BCUT2D eigenvalue weighted by atomic mass is 32.2. The zero-order valence-corrected chi connectivity index (χ0v) is 16.7. The lowest BCUT2D eigenvalue weighted by atomic mass is 10.1. The second-order valence-corrected chi connectivity index (χ2v) is 8.32. The molecule has 2 aromatic carbocycles. The molecule has 0 saturated heterocycles. The van der Waals surface area contributed by atoms with Gasteiger partial charge in [0.15, 0.2) is 0 Å². The van der Waals surface area contributed by atoms with Crippen LogP contribution in [0.4, 0.5) is 11.4 Å². The number of hydrazone groups is 1. The third kappa shape index (κ3) is 4.28. The molecule has 9 nitrogen and oxygen atoms in total. The Labute approximate surface area is 168 Å². The zero-order valence-electron chi connectivity index (χ0n) is 15.9. The van der Waals surface area contributed by atoms with Gasteiger partial charge in [-0.2, -0.15) is 5.10 Å². The second-order valence-electron chi connectivity index (χ2n) is 6.76. The number of sulfonamides is 1. The Balaban J connectivity index is 1.92. The quantitative estimate of drug-likeness (QED) is 0.666. The number of nitrogens with zero attached hydrogens (tertiary/aromatic N) is 2. The van der Waals surface area contributed by atoms with E-state index in [1.807, 2.05) is 6.07 Å². The Bertz CT molecular complexity index is 1110. The molecule has 1 atom stereocenters. The van der Waals surface area contributed by atoms with Crippen LogP contribution in [0.5, 0.6) is 0 Å². The summed E-state index contributed by atoms with van der Waals surface area (Å²) >= 11 is 0. The monoisotopic (exact) mass is 415 g/mol. The first-order valence-corrected chi connectivity index (χ1v) is 10.3. The van der Waals surface area contributed by atoms with E-state index in [1.165, 1.54) is 17.1 Å². The van der Waals surface area contributed by atoms with Gasteiger partial charge in [-0.05, 0) is 49.2 Å². The summed E-state index contributed by atoms with van der Waals surface area (Å²) in [7, 11) is -3.94. The Morgan fingerprint density at radius 2 is 1.83 bits per heavy atom. The largest absolute Gasteiger partial charge is 0.368 e. The van der Waals surface area contributed by atoms with Gasteiger partial charge in [-0.25, -0.2) is 13.6 Å². The van der Waals surface area contributed by atoms with E-state index in [0.29, 0.717) is 22.5 Å². The van der Waals surface area contributed by atoms with Gasteiger partial charge < -0.3 is 11.1 Å². The molecule has 0 aromatic heterocycles. The molecule has 3 rings (SSSR count). The molecule has 1 unspecified atom stereocenters. The fourth-order valence-electron chi connectivity index (χ4n) is 3.00. The summed E-state index contributed by atoms with van der Waals surface area (Å²) in [6.07, 6.45) is 0.0307. The predicted octanol–water partition coefficient (Wildman–Crippen LogP) is 1.01. The van der Waals surface area contributed by atoms with Gasteiger partial charge in [0.1, 0.15) is 11.8 Å². The summed E-state index contributed by atoms with van der Waals surface area (Å²) in [4.78, 5) is 24.5. The molecule has 10 heteroatoms. The van der Waals surface area contributed by atoms with Crippen LogP contribution in [-0.4, -0.2) is 32.0 Å². The summed E-state index contributed by atoms with van der Waals surface area (Å²) in [5.41, 5.74) is 7.87. The lowest BCUT2D eigenvalue weighted by Crippen LogP contribution is -2.39. The number of primary sulfonamides is 1. The highest BCUT2D eigenvalue weighted by molar-refractivity contribution is 7.89. The molecule has 5 N–H and O–H groups in total. The van der Waals surface area contributed by atoms with Gasteiger partial charge >= 0.3 is 0 Å². The molecule has 1 aliphatic rings. The molecule has 0 bridgehead atoms. The highest BCUT2D eigenvalue weighted by Gasteiger charge is 2.35. The average molecular weight is 415 g/mol. The van der Waals surface area contributed by atoms with Crippen LogP contribution in [0.25, 0.3) is 0 Å². The molecule has 0 spiro atoms. The first-order chi connectivity index (χ1) is 13.6. The van der Waals surface area contributed by atoms with Crippen molar-refractivity contribution in [1.82, 2.24) is 0 Å². The predicted molar refractivity (Wildman–Crippen MR) is 110 cm³/mol. The zero-order chi connectivity index (χ0) is 21.3. The Kier molecular flexibility index (Phi) is 5.40. The maximum atomic E-state index is 12.8. The van der Waals surface area contributed by atoms with Crippen molar-refractivity contribution in [2.24, 2.45) is 16.0 Å². The van der Waals surface area contributed by atoms with Gasteiger partial charge in [-0.1, -0.05) is 18.2 Å². The molecule has 1 heterocycles. The van der Waals surface area contributed by atoms with Crippen LogP contribution in [0.1, 0.15) is 17.5 Å². The lowest BCUT2D eigenvalue weighted by Gasteiger charge is -2.20. The van der Waals surface area contributed by atoms with E-state index in [1.54, 1.807) is 38.1 Å². The molecular weight excluding hydrogens is 394 g/mol. The van der Waals surface area contributed by atoms with Crippen LogP contribution >= 0.6 is 0 Å². The fraction of sp³-hybridized carbons (Fsp3) is 0.211. The smallest absolute Gasteiger partial charge is 0.271 e. The second kappa shape index (κ2) is 7.64. The third-order valence-electron chi connectivity index (χ3n) is 4.74. The Hall–Kier alpha value is -3.24. The van der Waals surface area contributed by atoms with Crippen molar-refractivity contribution in [2.45, 2.75) is 31.2 Å². The van der Waals surface area contributed by atoms with E-state index in [9.17, 15) is 18.0 Å².